The summed E-state index contributed by atoms with van der Waals surface area (Å²) >= 11 is 0. The number of ether oxygens (including phenoxy) is 1. The molecule has 2 N–H and O–H groups in total. The van der Waals surface area contributed by atoms with Gasteiger partial charge in [-0.2, -0.15) is 5.10 Å². The van der Waals surface area contributed by atoms with E-state index in [1.54, 1.807) is 26.0 Å². The second-order valence-corrected chi connectivity index (χ2v) is 8.09. The number of amides is 2. The van der Waals surface area contributed by atoms with Crippen molar-refractivity contribution >= 4 is 41.1 Å². The fourth-order valence-corrected chi connectivity index (χ4v) is 2.94. The van der Waals surface area contributed by atoms with Crippen LogP contribution in [0.15, 0.2) is 71.8 Å². The molecule has 0 spiro atoms. The van der Waals surface area contributed by atoms with E-state index in [-0.39, 0.29) is 45.6 Å². The van der Waals surface area contributed by atoms with Crippen molar-refractivity contribution in [2.24, 2.45) is 11.0 Å². The van der Waals surface area contributed by atoms with Gasteiger partial charge in [-0.3, -0.25) is 29.8 Å². The minimum atomic E-state index is -0.864. The third-order valence-corrected chi connectivity index (χ3v) is 5.03. The first-order valence-electron chi connectivity index (χ1n) is 11.0. The molecule has 194 valence electrons. The lowest BCUT2D eigenvalue weighted by Crippen LogP contribution is -2.19. The lowest BCUT2D eigenvalue weighted by atomic mass is 10.1. The average molecular weight is 519 g/mol. The Morgan fingerprint density at radius 1 is 0.868 bits per heavy atom. The van der Waals surface area contributed by atoms with E-state index in [4.69, 9.17) is 4.74 Å². The summed E-state index contributed by atoms with van der Waals surface area (Å²) in [4.78, 5) is 57.4. The number of nitro groups is 2. The van der Waals surface area contributed by atoms with E-state index in [0.29, 0.717) is 5.69 Å². The molecule has 38 heavy (non-hydrogen) atoms. The second kappa shape index (κ2) is 12.0. The molecule has 0 aliphatic carbocycles. The minimum absolute atomic E-state index is 0.0122. The SMILES string of the molecule is CC(C)C(=O)Nc1ccc(C(=O)N/N=C/c2cc([N+](=O)[O-])ccc2OC(=O)c2ccc([N+](=O)[O-])cc2)cc1. The Kier molecular flexibility index (Phi) is 8.56. The number of hydrogen-bond acceptors (Lipinski definition) is 9. The van der Waals surface area contributed by atoms with Gasteiger partial charge in [-0.1, -0.05) is 13.8 Å². The number of carbonyl (C=O) groups is 3. The summed E-state index contributed by atoms with van der Waals surface area (Å²) in [6.45, 7) is 3.50. The number of hydrazone groups is 1. The molecule has 13 heteroatoms. The Bertz CT molecular complexity index is 1420. The van der Waals surface area contributed by atoms with Crippen molar-refractivity contribution < 1.29 is 29.0 Å². The minimum Gasteiger partial charge on any atom is -0.422 e. The molecule has 0 aliphatic heterocycles. The van der Waals surface area contributed by atoms with Gasteiger partial charge >= 0.3 is 5.97 Å². The molecule has 3 rings (SSSR count). The molecule has 0 heterocycles. The average Bonchev–Trinajstić information content (AvgIpc) is 2.89. The van der Waals surface area contributed by atoms with Gasteiger partial charge < -0.3 is 10.1 Å². The first-order valence-corrected chi connectivity index (χ1v) is 11.0. The van der Waals surface area contributed by atoms with Crippen molar-refractivity contribution in [3.05, 3.63) is 104 Å². The van der Waals surface area contributed by atoms with E-state index in [0.717, 1.165) is 30.5 Å². The molecular weight excluding hydrogens is 498 g/mol. The molecule has 0 fully saturated rings. The Labute approximate surface area is 215 Å². The predicted molar refractivity (Wildman–Crippen MR) is 136 cm³/mol. The van der Waals surface area contributed by atoms with Gasteiger partial charge in [0.2, 0.25) is 5.91 Å². The van der Waals surface area contributed by atoms with Gasteiger partial charge in [-0.25, -0.2) is 10.2 Å². The van der Waals surface area contributed by atoms with Gasteiger partial charge in [0.15, 0.2) is 0 Å². The van der Waals surface area contributed by atoms with Crippen LogP contribution in [0.2, 0.25) is 0 Å². The molecule has 0 radical (unpaired) electrons. The topological polar surface area (TPSA) is 183 Å². The summed E-state index contributed by atoms with van der Waals surface area (Å²) in [7, 11) is 0. The van der Waals surface area contributed by atoms with Crippen LogP contribution in [0.5, 0.6) is 5.75 Å². The van der Waals surface area contributed by atoms with Crippen LogP contribution in [0.3, 0.4) is 0 Å². The predicted octanol–water partition coefficient (Wildman–Crippen LogP) is 4.08. The van der Waals surface area contributed by atoms with Crippen molar-refractivity contribution in [3.63, 3.8) is 0 Å². The maximum atomic E-state index is 12.5. The molecule has 0 atom stereocenters. The maximum absolute atomic E-state index is 12.5. The number of non-ortho nitro benzene ring substituents is 2. The van der Waals surface area contributed by atoms with Crippen molar-refractivity contribution in [2.45, 2.75) is 13.8 Å². The highest BCUT2D eigenvalue weighted by Gasteiger charge is 2.16. The van der Waals surface area contributed by atoms with Gasteiger partial charge in [0.1, 0.15) is 5.75 Å². The monoisotopic (exact) mass is 519 g/mol. The number of rotatable bonds is 9. The van der Waals surface area contributed by atoms with Crippen LogP contribution in [0.4, 0.5) is 17.1 Å². The van der Waals surface area contributed by atoms with Crippen LogP contribution in [0.1, 0.15) is 40.1 Å². The van der Waals surface area contributed by atoms with E-state index >= 15 is 0 Å². The fraction of sp³-hybridized carbons (Fsp3) is 0.120. The largest absolute Gasteiger partial charge is 0.422 e. The molecule has 0 bridgehead atoms. The first kappa shape index (κ1) is 27.1. The number of hydrogen-bond donors (Lipinski definition) is 2. The Balaban J connectivity index is 1.74. The van der Waals surface area contributed by atoms with Crippen molar-refractivity contribution in [1.82, 2.24) is 5.43 Å². The van der Waals surface area contributed by atoms with Gasteiger partial charge in [0.25, 0.3) is 17.3 Å². The summed E-state index contributed by atoms with van der Waals surface area (Å²) in [6.07, 6.45) is 1.07. The van der Waals surface area contributed by atoms with Gasteiger partial charge in [-0.15, -0.1) is 0 Å². The molecule has 0 unspecified atom stereocenters. The number of nitrogens with one attached hydrogen (secondary N) is 2. The van der Waals surface area contributed by atoms with Crippen LogP contribution in [-0.4, -0.2) is 33.8 Å². The van der Waals surface area contributed by atoms with Crippen molar-refractivity contribution in [3.8, 4) is 5.75 Å². The number of anilines is 1. The molecule has 0 saturated heterocycles. The van der Waals surface area contributed by atoms with E-state index in [1.165, 1.54) is 30.3 Å². The molecule has 0 saturated carbocycles. The Hall–Kier alpha value is -5.46. The lowest BCUT2D eigenvalue weighted by molar-refractivity contribution is -0.385. The summed E-state index contributed by atoms with van der Waals surface area (Å²) in [5, 5.41) is 28.5. The van der Waals surface area contributed by atoms with E-state index in [9.17, 15) is 34.6 Å². The second-order valence-electron chi connectivity index (χ2n) is 8.09. The van der Waals surface area contributed by atoms with Crippen molar-refractivity contribution in [1.29, 1.82) is 0 Å². The molecule has 2 amide bonds. The van der Waals surface area contributed by atoms with Crippen molar-refractivity contribution in [2.75, 3.05) is 5.32 Å². The highest BCUT2D eigenvalue weighted by molar-refractivity contribution is 5.97. The first-order chi connectivity index (χ1) is 18.0. The molecule has 0 aliphatic rings. The zero-order valence-electron chi connectivity index (χ0n) is 20.1. The number of benzene rings is 3. The van der Waals surface area contributed by atoms with Crippen LogP contribution < -0.4 is 15.5 Å². The van der Waals surface area contributed by atoms with E-state index in [2.05, 4.69) is 15.8 Å². The summed E-state index contributed by atoms with van der Waals surface area (Å²) in [5.41, 5.74) is 2.52. The summed E-state index contributed by atoms with van der Waals surface area (Å²) in [5.74, 6) is -1.94. The smallest absolute Gasteiger partial charge is 0.343 e. The molecular formula is C25H21N5O8. The molecule has 13 nitrogen and oxygen atoms in total. The number of nitrogens with zero attached hydrogens (tertiary/aromatic N) is 3. The van der Waals surface area contributed by atoms with Crippen LogP contribution in [0, 0.1) is 26.1 Å². The third-order valence-electron chi connectivity index (χ3n) is 5.03. The quantitative estimate of drug-likeness (QED) is 0.139. The van der Waals surface area contributed by atoms with Gasteiger partial charge in [0, 0.05) is 47.0 Å². The molecule has 0 aromatic heterocycles. The maximum Gasteiger partial charge on any atom is 0.343 e. The number of carbonyl (C=O) groups excluding carboxylic acids is 3. The fourth-order valence-electron chi connectivity index (χ4n) is 2.94. The van der Waals surface area contributed by atoms with Gasteiger partial charge in [0.05, 0.1) is 21.6 Å². The van der Waals surface area contributed by atoms with Crippen LogP contribution in [0.25, 0.3) is 0 Å². The number of nitro benzene ring substituents is 2. The van der Waals surface area contributed by atoms with Crippen LogP contribution in [-0.2, 0) is 4.79 Å². The number of esters is 1. The highest BCUT2D eigenvalue weighted by Crippen LogP contribution is 2.24. The zero-order chi connectivity index (χ0) is 27.8. The standard InChI is InChI=1S/C25H21N5O8/c1-15(2)23(31)27-19-7-3-16(4-8-19)24(32)28-26-14-18-13-21(30(36)37)11-12-22(18)38-25(33)17-5-9-20(10-6-17)29(34)35/h3-15H,1-2H3,(H,27,31)(H,28,32)/b26-14+. The normalized spacial score (nSPS) is 10.7. The molecule has 3 aromatic rings. The Morgan fingerprint density at radius 2 is 1.45 bits per heavy atom. The third kappa shape index (κ3) is 7.04. The lowest BCUT2D eigenvalue weighted by Gasteiger charge is -2.08. The Morgan fingerprint density at radius 3 is 2.03 bits per heavy atom. The summed E-state index contributed by atoms with van der Waals surface area (Å²) in [6, 6.07) is 14.1. The molecule has 3 aromatic carbocycles. The highest BCUT2D eigenvalue weighted by atomic mass is 16.6. The summed E-state index contributed by atoms with van der Waals surface area (Å²) < 4.78 is 5.30. The van der Waals surface area contributed by atoms with E-state index in [1.807, 2.05) is 0 Å². The zero-order valence-corrected chi connectivity index (χ0v) is 20.1. The van der Waals surface area contributed by atoms with Crippen LogP contribution >= 0.6 is 0 Å². The van der Waals surface area contributed by atoms with E-state index < -0.39 is 21.7 Å². The van der Waals surface area contributed by atoms with Gasteiger partial charge in [-0.05, 0) is 42.5 Å².